The summed E-state index contributed by atoms with van der Waals surface area (Å²) in [6, 6.07) is 0. The smallest absolute Gasteiger partial charge is 0.332 e. The third-order valence-corrected chi connectivity index (χ3v) is 10.2. The number of Topliss-reactive ketones (excluding diaryl/α,β-unsaturated/α-hetero) is 1. The number of alkyl halides is 1. The average molecular weight is 581 g/mol. The summed E-state index contributed by atoms with van der Waals surface area (Å²) in [5.41, 5.74) is -5.10. The lowest BCUT2D eigenvalue weighted by molar-refractivity contribution is -0.246. The van der Waals surface area contributed by atoms with Crippen molar-refractivity contribution in [1.29, 1.82) is 0 Å². The summed E-state index contributed by atoms with van der Waals surface area (Å²) in [5, 5.41) is 20.4. The molecule has 5 rings (SSSR count). The number of aliphatic hydroxyl groups excluding tert-OH is 2. The van der Waals surface area contributed by atoms with Gasteiger partial charge in [-0.3, -0.25) is 9.59 Å². The first kappa shape index (κ1) is 30.4. The van der Waals surface area contributed by atoms with Crippen molar-refractivity contribution < 1.29 is 52.7 Å². The fourth-order valence-electron chi connectivity index (χ4n) is 8.54. The van der Waals surface area contributed by atoms with Crippen LogP contribution in [0.15, 0.2) is 23.8 Å². The van der Waals surface area contributed by atoms with Gasteiger partial charge in [0.1, 0.15) is 6.61 Å². The highest BCUT2D eigenvalue weighted by Gasteiger charge is 2.80. The second-order valence-electron chi connectivity index (χ2n) is 12.8. The molecule has 0 aromatic carbocycles. The molecule has 1 heterocycles. The highest BCUT2D eigenvalue weighted by Crippen LogP contribution is 2.72. The van der Waals surface area contributed by atoms with Crippen LogP contribution in [0.2, 0.25) is 0 Å². The molecule has 8 atom stereocenters. The first-order valence-corrected chi connectivity index (χ1v) is 14.4. The number of ketones is 2. The van der Waals surface area contributed by atoms with Gasteiger partial charge in [0.15, 0.2) is 29.4 Å². The molecule has 11 heteroatoms. The summed E-state index contributed by atoms with van der Waals surface area (Å²) >= 11 is 0. The van der Waals surface area contributed by atoms with Crippen LogP contribution in [0.4, 0.5) is 4.39 Å². The second kappa shape index (κ2) is 10.6. The van der Waals surface area contributed by atoms with E-state index in [2.05, 4.69) is 0 Å². The van der Waals surface area contributed by atoms with E-state index in [9.17, 15) is 19.5 Å². The maximum Gasteiger partial charge on any atom is 0.332 e. The third kappa shape index (κ3) is 4.55. The number of allylic oxidation sites excluding steroid dienone is 4. The number of halogens is 1. The van der Waals surface area contributed by atoms with Crippen LogP contribution >= 0.6 is 0 Å². The number of fused-ring (bicyclic) bond motifs is 7. The third-order valence-electron chi connectivity index (χ3n) is 10.2. The van der Waals surface area contributed by atoms with Gasteiger partial charge in [-0.25, -0.2) is 9.18 Å². The van der Waals surface area contributed by atoms with E-state index >= 15 is 4.39 Å². The lowest BCUT2D eigenvalue weighted by Gasteiger charge is -2.62. The quantitative estimate of drug-likeness (QED) is 0.292. The maximum atomic E-state index is 17.5. The van der Waals surface area contributed by atoms with Crippen LogP contribution in [0.25, 0.3) is 0 Å². The molecule has 5 aliphatic rings. The minimum atomic E-state index is -2.05. The minimum absolute atomic E-state index is 0.0676. The molecule has 0 amide bonds. The Kier molecular flexibility index (Phi) is 7.87. The van der Waals surface area contributed by atoms with Gasteiger partial charge < -0.3 is 33.9 Å². The Morgan fingerprint density at radius 2 is 1.83 bits per heavy atom. The molecule has 4 aliphatic carbocycles. The Balaban J connectivity index is 1.37. The number of carbonyl (C=O) groups excluding carboxylic acids is 3. The van der Waals surface area contributed by atoms with Gasteiger partial charge in [0, 0.05) is 16.7 Å². The van der Waals surface area contributed by atoms with E-state index in [1.165, 1.54) is 12.2 Å². The normalized spacial score (nSPS) is 42.1. The molecule has 41 heavy (non-hydrogen) atoms. The van der Waals surface area contributed by atoms with Gasteiger partial charge in [-0.1, -0.05) is 18.6 Å². The van der Waals surface area contributed by atoms with Gasteiger partial charge in [-0.2, -0.15) is 0 Å². The molecule has 228 valence electrons. The van der Waals surface area contributed by atoms with Crippen molar-refractivity contribution in [1.82, 2.24) is 0 Å². The number of hydrogen-bond donors (Lipinski definition) is 2. The van der Waals surface area contributed by atoms with E-state index in [0.717, 1.165) is 0 Å². The van der Waals surface area contributed by atoms with Gasteiger partial charge in [0.25, 0.3) is 0 Å². The summed E-state index contributed by atoms with van der Waals surface area (Å²) in [7, 11) is 0. The topological polar surface area (TPSA) is 138 Å². The van der Waals surface area contributed by atoms with Gasteiger partial charge in [-0.05, 0) is 64.5 Å². The SMILES string of the molecule is CC1(C)O[C@@H]2CC3C4CCC5=CC(=O)C=CC5(C)[C@@]4(F)[C@@H](O)CC3(C)[C@]2(C(=O)COC(=O)COCCOCCO)O1. The summed E-state index contributed by atoms with van der Waals surface area (Å²) in [5.74, 6) is -3.53. The predicted molar refractivity (Wildman–Crippen MR) is 141 cm³/mol. The fourth-order valence-corrected chi connectivity index (χ4v) is 8.54. The standard InChI is InChI=1S/C30H41FO10/c1-26(2)40-24-14-21-20-6-5-18-13-19(33)7-8-27(18,3)29(20,31)22(34)15-28(21,4)30(24,41-26)23(35)16-39-25(36)17-38-12-11-37-10-9-32/h7-8,13,20-22,24,32,34H,5-6,9-12,14-17H2,1-4H3/t20?,21?,22-,24+,27?,28?,29-,30+/m0/s1. The number of aliphatic hydroxyl groups is 2. The zero-order chi connectivity index (χ0) is 29.8. The zero-order valence-electron chi connectivity index (χ0n) is 24.2. The van der Waals surface area contributed by atoms with Crippen LogP contribution in [0.3, 0.4) is 0 Å². The van der Waals surface area contributed by atoms with Gasteiger partial charge in [0.05, 0.1) is 38.6 Å². The molecular formula is C30H41FO10. The summed E-state index contributed by atoms with van der Waals surface area (Å²) in [6.45, 7) is 6.40. The van der Waals surface area contributed by atoms with Crippen LogP contribution in [0, 0.1) is 22.7 Å². The Hall–Kier alpha value is -2.02. The molecule has 3 saturated carbocycles. The van der Waals surface area contributed by atoms with Crippen molar-refractivity contribution in [3.8, 4) is 0 Å². The number of rotatable bonds is 10. The molecule has 0 bridgehead atoms. The Bertz CT molecular complexity index is 1150. The van der Waals surface area contributed by atoms with E-state index in [0.29, 0.717) is 24.8 Å². The number of hydrogen-bond acceptors (Lipinski definition) is 10. The first-order chi connectivity index (χ1) is 19.2. The molecule has 4 unspecified atom stereocenters. The van der Waals surface area contributed by atoms with Crippen molar-refractivity contribution in [3.05, 3.63) is 23.8 Å². The Labute approximate surface area is 239 Å². The minimum Gasteiger partial charge on any atom is -0.456 e. The van der Waals surface area contributed by atoms with Crippen molar-refractivity contribution in [3.63, 3.8) is 0 Å². The maximum absolute atomic E-state index is 17.5. The lowest BCUT2D eigenvalue weighted by atomic mass is 9.44. The molecule has 0 spiro atoms. The fraction of sp³-hybridized carbons (Fsp3) is 0.767. The summed E-state index contributed by atoms with van der Waals surface area (Å²) in [6.07, 6.45) is 3.48. The highest BCUT2D eigenvalue weighted by atomic mass is 19.1. The predicted octanol–water partition coefficient (Wildman–Crippen LogP) is 2.00. The summed E-state index contributed by atoms with van der Waals surface area (Å²) in [4.78, 5) is 38.4. The van der Waals surface area contributed by atoms with E-state index in [4.69, 9.17) is 28.8 Å². The molecular weight excluding hydrogens is 539 g/mol. The Morgan fingerprint density at radius 3 is 2.56 bits per heavy atom. The van der Waals surface area contributed by atoms with Crippen LogP contribution in [-0.4, -0.2) is 96.7 Å². The highest BCUT2D eigenvalue weighted by molar-refractivity contribution is 6.01. The van der Waals surface area contributed by atoms with E-state index in [1.54, 1.807) is 26.8 Å². The largest absolute Gasteiger partial charge is 0.456 e. The monoisotopic (exact) mass is 580 g/mol. The second-order valence-corrected chi connectivity index (χ2v) is 12.8. The van der Waals surface area contributed by atoms with Crippen LogP contribution in [0.1, 0.15) is 53.4 Å². The molecule has 4 fully saturated rings. The number of ether oxygens (including phenoxy) is 5. The molecule has 2 N–H and O–H groups in total. The Morgan fingerprint density at radius 1 is 1.10 bits per heavy atom. The van der Waals surface area contributed by atoms with E-state index in [-0.39, 0.29) is 51.2 Å². The lowest BCUT2D eigenvalue weighted by Crippen LogP contribution is -2.70. The molecule has 1 saturated heterocycles. The van der Waals surface area contributed by atoms with Gasteiger partial charge in [0.2, 0.25) is 5.78 Å². The van der Waals surface area contributed by atoms with Crippen LogP contribution in [-0.2, 0) is 38.1 Å². The van der Waals surface area contributed by atoms with Crippen molar-refractivity contribution >= 4 is 17.5 Å². The van der Waals surface area contributed by atoms with Gasteiger partial charge in [-0.15, -0.1) is 0 Å². The molecule has 0 aromatic rings. The molecule has 0 radical (unpaired) electrons. The zero-order valence-corrected chi connectivity index (χ0v) is 24.2. The van der Waals surface area contributed by atoms with Crippen molar-refractivity contribution in [2.45, 2.75) is 82.6 Å². The first-order valence-electron chi connectivity index (χ1n) is 14.4. The van der Waals surface area contributed by atoms with Crippen LogP contribution < -0.4 is 0 Å². The van der Waals surface area contributed by atoms with E-state index < -0.39 is 64.4 Å². The molecule has 10 nitrogen and oxygen atoms in total. The summed E-state index contributed by atoms with van der Waals surface area (Å²) < 4.78 is 45.7. The molecule has 0 aromatic heterocycles. The van der Waals surface area contributed by atoms with Crippen molar-refractivity contribution in [2.75, 3.05) is 39.6 Å². The van der Waals surface area contributed by atoms with Gasteiger partial charge >= 0.3 is 5.97 Å². The molecule has 1 aliphatic heterocycles. The van der Waals surface area contributed by atoms with Crippen LogP contribution in [0.5, 0.6) is 0 Å². The van der Waals surface area contributed by atoms with Crippen molar-refractivity contribution in [2.24, 2.45) is 22.7 Å². The number of carbonyl (C=O) groups is 3. The average Bonchev–Trinajstić information content (AvgIpc) is 3.31. The van der Waals surface area contributed by atoms with E-state index in [1.807, 2.05) is 6.92 Å². The number of esters is 1.